The van der Waals surface area contributed by atoms with Crippen molar-refractivity contribution in [2.45, 2.75) is 38.5 Å². The minimum absolute atomic E-state index is 0.531. The molecule has 2 aliphatic carbocycles. The lowest BCUT2D eigenvalue weighted by atomic mass is 9.83. The monoisotopic (exact) mass is 234 g/mol. The fraction of sp³-hybridized carbons (Fsp3) is 0.500. The zero-order chi connectivity index (χ0) is 12.1. The van der Waals surface area contributed by atoms with Crippen LogP contribution in [-0.4, -0.2) is 11.3 Å². The first kappa shape index (κ1) is 12.0. The molecule has 3 heteroatoms. The van der Waals surface area contributed by atoms with Crippen molar-refractivity contribution in [1.29, 1.82) is 0 Å². The lowest BCUT2D eigenvalue weighted by Crippen LogP contribution is -2.09. The first-order valence-corrected chi connectivity index (χ1v) is 6.24. The van der Waals surface area contributed by atoms with Crippen molar-refractivity contribution in [3.63, 3.8) is 0 Å². The molecule has 17 heavy (non-hydrogen) atoms. The van der Waals surface area contributed by atoms with Crippen LogP contribution in [0.3, 0.4) is 0 Å². The van der Waals surface area contributed by atoms with Crippen LogP contribution in [0, 0.1) is 5.92 Å². The van der Waals surface area contributed by atoms with Crippen molar-refractivity contribution >= 4 is 6.16 Å². The van der Waals surface area contributed by atoms with Crippen molar-refractivity contribution in [1.82, 2.24) is 0 Å². The lowest BCUT2D eigenvalue weighted by Gasteiger charge is -2.22. The Balaban J connectivity index is 2.10. The Bertz CT molecular complexity index is 371. The summed E-state index contributed by atoms with van der Waals surface area (Å²) in [5.41, 5.74) is 1.22. The summed E-state index contributed by atoms with van der Waals surface area (Å²) in [6, 6.07) is 0. The Morgan fingerprint density at radius 1 is 1.29 bits per heavy atom. The Hall–Kier alpha value is -1.51. The second-order valence-corrected chi connectivity index (χ2v) is 4.61. The highest BCUT2D eigenvalue weighted by atomic mass is 16.7. The van der Waals surface area contributed by atoms with Gasteiger partial charge in [0.15, 0.2) is 0 Å². The van der Waals surface area contributed by atoms with Gasteiger partial charge in [0.05, 0.1) is 0 Å². The van der Waals surface area contributed by atoms with Gasteiger partial charge in [0.1, 0.15) is 5.76 Å². The van der Waals surface area contributed by atoms with E-state index in [1.54, 1.807) is 0 Å². The van der Waals surface area contributed by atoms with E-state index in [9.17, 15) is 4.79 Å². The molecule has 1 saturated carbocycles. The molecule has 0 aromatic rings. The van der Waals surface area contributed by atoms with Crippen LogP contribution in [0.2, 0.25) is 0 Å². The normalized spacial score (nSPS) is 21.4. The van der Waals surface area contributed by atoms with Gasteiger partial charge in [-0.05, 0) is 30.4 Å². The van der Waals surface area contributed by atoms with Crippen molar-refractivity contribution in [3.05, 3.63) is 35.6 Å². The third-order valence-electron chi connectivity index (χ3n) is 3.37. The molecule has 0 aromatic carbocycles. The van der Waals surface area contributed by atoms with Crippen LogP contribution in [0.1, 0.15) is 38.5 Å². The molecule has 0 saturated heterocycles. The molecule has 0 aliphatic heterocycles. The van der Waals surface area contributed by atoms with Gasteiger partial charge in [-0.3, -0.25) is 0 Å². The maximum Gasteiger partial charge on any atom is 0.511 e. The molecule has 1 N–H and O–H groups in total. The van der Waals surface area contributed by atoms with Crippen LogP contribution in [0.25, 0.3) is 0 Å². The minimum atomic E-state index is -1.23. The second kappa shape index (κ2) is 5.71. The summed E-state index contributed by atoms with van der Waals surface area (Å²) >= 11 is 0. The smallest absolute Gasteiger partial charge is 0.449 e. The fourth-order valence-corrected chi connectivity index (χ4v) is 2.53. The number of carbonyl (C=O) groups is 1. The Labute approximate surface area is 101 Å². The molecule has 0 spiro atoms. The molecular formula is C14H18O3. The average Bonchev–Trinajstić information content (AvgIpc) is 2.55. The molecule has 92 valence electrons. The van der Waals surface area contributed by atoms with Crippen LogP contribution in [0.5, 0.6) is 0 Å². The van der Waals surface area contributed by atoms with E-state index in [2.05, 4.69) is 6.08 Å². The van der Waals surface area contributed by atoms with Crippen molar-refractivity contribution in [2.75, 3.05) is 0 Å². The van der Waals surface area contributed by atoms with Crippen LogP contribution < -0.4 is 0 Å². The standard InChI is InChI=1S/C14H18O3/c15-14(16)17-13-9-5-4-8-12(10-13)11-6-2-1-3-7-11/h4-5,8,10-11H,1-3,6-7,9H2,(H,15,16). The maximum atomic E-state index is 10.6. The minimum Gasteiger partial charge on any atom is -0.449 e. The van der Waals surface area contributed by atoms with Gasteiger partial charge in [0.2, 0.25) is 0 Å². The second-order valence-electron chi connectivity index (χ2n) is 4.61. The van der Waals surface area contributed by atoms with E-state index in [0.717, 1.165) is 0 Å². The highest BCUT2D eigenvalue weighted by Gasteiger charge is 2.18. The van der Waals surface area contributed by atoms with Gasteiger partial charge in [0, 0.05) is 6.42 Å². The predicted molar refractivity (Wildman–Crippen MR) is 65.6 cm³/mol. The molecule has 2 rings (SSSR count). The summed E-state index contributed by atoms with van der Waals surface area (Å²) in [5, 5.41) is 8.65. The molecule has 0 heterocycles. The molecule has 0 aromatic heterocycles. The topological polar surface area (TPSA) is 46.5 Å². The highest BCUT2D eigenvalue weighted by molar-refractivity contribution is 5.59. The SMILES string of the molecule is O=C(O)OC1=CC(C2CCCCC2)=CC=CC1. The summed E-state index contributed by atoms with van der Waals surface area (Å²) in [4.78, 5) is 10.6. The fourth-order valence-electron chi connectivity index (χ4n) is 2.53. The molecular weight excluding hydrogens is 216 g/mol. The average molecular weight is 234 g/mol. The number of hydrogen-bond donors (Lipinski definition) is 1. The van der Waals surface area contributed by atoms with Crippen LogP contribution in [-0.2, 0) is 4.74 Å². The largest absolute Gasteiger partial charge is 0.511 e. The van der Waals surface area contributed by atoms with E-state index in [1.807, 2.05) is 18.2 Å². The molecule has 2 aliphatic rings. The van der Waals surface area contributed by atoms with Crippen molar-refractivity contribution < 1.29 is 14.6 Å². The van der Waals surface area contributed by atoms with E-state index in [1.165, 1.54) is 37.7 Å². The number of allylic oxidation sites excluding steroid dienone is 5. The number of hydrogen-bond acceptors (Lipinski definition) is 2. The Morgan fingerprint density at radius 3 is 2.76 bits per heavy atom. The van der Waals surface area contributed by atoms with Crippen molar-refractivity contribution in [2.24, 2.45) is 5.92 Å². The van der Waals surface area contributed by atoms with Gasteiger partial charge in [-0.2, -0.15) is 0 Å². The van der Waals surface area contributed by atoms with Gasteiger partial charge in [-0.15, -0.1) is 0 Å². The molecule has 1 fully saturated rings. The van der Waals surface area contributed by atoms with Gasteiger partial charge in [-0.1, -0.05) is 37.5 Å². The van der Waals surface area contributed by atoms with E-state index < -0.39 is 6.16 Å². The van der Waals surface area contributed by atoms with E-state index >= 15 is 0 Å². The van der Waals surface area contributed by atoms with Gasteiger partial charge in [-0.25, -0.2) is 4.79 Å². The quantitative estimate of drug-likeness (QED) is 0.734. The molecule has 3 nitrogen and oxygen atoms in total. The zero-order valence-corrected chi connectivity index (χ0v) is 9.89. The summed E-state index contributed by atoms with van der Waals surface area (Å²) < 4.78 is 4.78. The number of ether oxygens (including phenoxy) is 1. The zero-order valence-electron chi connectivity index (χ0n) is 9.89. The van der Waals surface area contributed by atoms with Crippen LogP contribution >= 0.6 is 0 Å². The number of carboxylic acid groups (broad SMARTS) is 1. The van der Waals surface area contributed by atoms with Crippen molar-refractivity contribution in [3.8, 4) is 0 Å². The first-order valence-electron chi connectivity index (χ1n) is 6.24. The molecule has 0 amide bonds. The van der Waals surface area contributed by atoms with E-state index in [0.29, 0.717) is 18.1 Å². The summed E-state index contributed by atoms with van der Waals surface area (Å²) in [6.07, 6.45) is 13.5. The lowest BCUT2D eigenvalue weighted by molar-refractivity contribution is 0.117. The van der Waals surface area contributed by atoms with Gasteiger partial charge in [0.25, 0.3) is 0 Å². The predicted octanol–water partition coefficient (Wildman–Crippen LogP) is 4.03. The maximum absolute atomic E-state index is 10.6. The summed E-state index contributed by atoms with van der Waals surface area (Å²) in [5.74, 6) is 1.10. The third kappa shape index (κ3) is 3.48. The first-order chi connectivity index (χ1) is 8.25. The third-order valence-corrected chi connectivity index (χ3v) is 3.37. The molecule has 0 radical (unpaired) electrons. The van der Waals surface area contributed by atoms with Crippen LogP contribution in [0.15, 0.2) is 35.6 Å². The molecule has 0 atom stereocenters. The molecule has 0 bridgehead atoms. The Morgan fingerprint density at radius 2 is 2.06 bits per heavy atom. The van der Waals surface area contributed by atoms with E-state index in [-0.39, 0.29) is 0 Å². The molecule has 0 unspecified atom stereocenters. The van der Waals surface area contributed by atoms with Gasteiger partial charge < -0.3 is 9.84 Å². The van der Waals surface area contributed by atoms with E-state index in [4.69, 9.17) is 9.84 Å². The summed E-state index contributed by atoms with van der Waals surface area (Å²) in [7, 11) is 0. The highest BCUT2D eigenvalue weighted by Crippen LogP contribution is 2.32. The van der Waals surface area contributed by atoms with Gasteiger partial charge >= 0.3 is 6.16 Å². The van der Waals surface area contributed by atoms with Crippen LogP contribution in [0.4, 0.5) is 4.79 Å². The summed E-state index contributed by atoms with van der Waals surface area (Å²) in [6.45, 7) is 0. The number of rotatable bonds is 2. The Kier molecular flexibility index (Phi) is 4.02.